The number of aromatic nitrogens is 2. The molecule has 1 aromatic rings. The second-order valence-corrected chi connectivity index (χ2v) is 4.26. The van der Waals surface area contributed by atoms with Crippen LogP contribution in [0.4, 0.5) is 5.69 Å². The summed E-state index contributed by atoms with van der Waals surface area (Å²) >= 11 is 0. The lowest BCUT2D eigenvalue weighted by atomic mass is 10.2. The van der Waals surface area contributed by atoms with Gasteiger partial charge in [-0.15, -0.1) is 0 Å². The van der Waals surface area contributed by atoms with Gasteiger partial charge in [-0.1, -0.05) is 12.8 Å². The van der Waals surface area contributed by atoms with Crippen molar-refractivity contribution in [3.8, 4) is 0 Å². The second-order valence-electron chi connectivity index (χ2n) is 4.26. The van der Waals surface area contributed by atoms with Gasteiger partial charge < -0.3 is 5.11 Å². The zero-order valence-corrected chi connectivity index (χ0v) is 10.7. The molecular weight excluding hydrogens is 254 g/mol. The van der Waals surface area contributed by atoms with Crippen LogP contribution in [0.5, 0.6) is 0 Å². The average molecular weight is 271 g/mol. The summed E-state index contributed by atoms with van der Waals surface area (Å²) in [5, 5.41) is 19.3. The molecule has 0 amide bonds. The molecule has 0 fully saturated rings. The van der Waals surface area contributed by atoms with Gasteiger partial charge in [0, 0.05) is 20.2 Å². The van der Waals surface area contributed by atoms with Crippen LogP contribution >= 0.6 is 0 Å². The van der Waals surface area contributed by atoms with Gasteiger partial charge >= 0.3 is 16.9 Å². The van der Waals surface area contributed by atoms with Crippen molar-refractivity contribution in [1.29, 1.82) is 0 Å². The molecule has 0 saturated heterocycles. The molecule has 1 heterocycles. The topological polar surface area (TPSA) is 107 Å². The quantitative estimate of drug-likeness (QED) is 0.427. The van der Waals surface area contributed by atoms with Crippen LogP contribution in [-0.4, -0.2) is 25.8 Å². The van der Waals surface area contributed by atoms with E-state index in [1.807, 2.05) is 0 Å². The van der Waals surface area contributed by atoms with E-state index in [9.17, 15) is 19.7 Å². The Morgan fingerprint density at radius 1 is 1.26 bits per heavy atom. The van der Waals surface area contributed by atoms with Crippen molar-refractivity contribution in [3.05, 3.63) is 37.1 Å². The second kappa shape index (κ2) is 6.83. The van der Waals surface area contributed by atoms with E-state index in [2.05, 4.69) is 0 Å². The summed E-state index contributed by atoms with van der Waals surface area (Å²) in [6.45, 7) is 0.261. The molecule has 1 aromatic heterocycles. The summed E-state index contributed by atoms with van der Waals surface area (Å²) in [5.74, 6) is 0. The van der Waals surface area contributed by atoms with Crippen LogP contribution in [0.15, 0.2) is 15.8 Å². The summed E-state index contributed by atoms with van der Waals surface area (Å²) in [6, 6.07) is 0. The van der Waals surface area contributed by atoms with Gasteiger partial charge in [-0.05, 0) is 12.8 Å². The van der Waals surface area contributed by atoms with Crippen LogP contribution in [0.2, 0.25) is 0 Å². The molecule has 8 heteroatoms. The summed E-state index contributed by atoms with van der Waals surface area (Å²) < 4.78 is 1.92. The van der Waals surface area contributed by atoms with Crippen LogP contribution in [0.1, 0.15) is 25.7 Å². The molecule has 0 saturated carbocycles. The van der Waals surface area contributed by atoms with Crippen molar-refractivity contribution in [2.45, 2.75) is 32.2 Å². The number of aliphatic hydroxyl groups is 1. The number of nitrogens with zero attached hydrogens (tertiary/aromatic N) is 3. The third kappa shape index (κ3) is 3.75. The Hall–Kier alpha value is -1.96. The lowest BCUT2D eigenvalue weighted by Crippen LogP contribution is -2.39. The SMILES string of the molecule is Cn1cc([N+](=O)[O-])c(=O)n(CCCCCCO)c1=O. The van der Waals surface area contributed by atoms with Gasteiger partial charge in [-0.25, -0.2) is 4.79 Å². The van der Waals surface area contributed by atoms with Crippen molar-refractivity contribution in [1.82, 2.24) is 9.13 Å². The van der Waals surface area contributed by atoms with E-state index >= 15 is 0 Å². The Morgan fingerprint density at radius 2 is 1.89 bits per heavy atom. The van der Waals surface area contributed by atoms with Crippen molar-refractivity contribution in [3.63, 3.8) is 0 Å². The van der Waals surface area contributed by atoms with E-state index in [1.54, 1.807) is 0 Å². The van der Waals surface area contributed by atoms with Gasteiger partial charge in [0.15, 0.2) is 0 Å². The fraction of sp³-hybridized carbons (Fsp3) is 0.636. The van der Waals surface area contributed by atoms with Crippen molar-refractivity contribution >= 4 is 5.69 Å². The zero-order chi connectivity index (χ0) is 14.4. The molecule has 0 spiro atoms. The van der Waals surface area contributed by atoms with Gasteiger partial charge in [-0.2, -0.15) is 0 Å². The number of hydrogen-bond donors (Lipinski definition) is 1. The van der Waals surface area contributed by atoms with Gasteiger partial charge in [0.25, 0.3) is 0 Å². The summed E-state index contributed by atoms with van der Waals surface area (Å²) in [4.78, 5) is 33.4. The molecule has 0 radical (unpaired) electrons. The van der Waals surface area contributed by atoms with Gasteiger partial charge in [0.1, 0.15) is 0 Å². The minimum atomic E-state index is -0.866. The van der Waals surface area contributed by atoms with Gasteiger partial charge in [-0.3, -0.25) is 24.0 Å². The number of unbranched alkanes of at least 4 members (excludes halogenated alkanes) is 3. The van der Waals surface area contributed by atoms with E-state index in [1.165, 1.54) is 7.05 Å². The lowest BCUT2D eigenvalue weighted by Gasteiger charge is -2.06. The summed E-state index contributed by atoms with van der Waals surface area (Å²) in [5.41, 5.74) is -2.02. The monoisotopic (exact) mass is 271 g/mol. The average Bonchev–Trinajstić information content (AvgIpc) is 2.36. The first kappa shape index (κ1) is 15.1. The number of aliphatic hydroxyl groups excluding tert-OH is 1. The predicted molar refractivity (Wildman–Crippen MR) is 68.2 cm³/mol. The van der Waals surface area contributed by atoms with E-state index in [-0.39, 0.29) is 13.2 Å². The highest BCUT2D eigenvalue weighted by atomic mass is 16.6. The standard InChI is InChI=1S/C11H17N3O5/c1-12-8-9(14(18)19)10(16)13(11(12)17)6-4-2-3-5-7-15/h8,15H,2-7H2,1H3. The third-order valence-corrected chi connectivity index (χ3v) is 2.80. The third-order valence-electron chi connectivity index (χ3n) is 2.80. The highest BCUT2D eigenvalue weighted by Gasteiger charge is 2.18. The highest BCUT2D eigenvalue weighted by molar-refractivity contribution is 5.21. The molecule has 1 rings (SSSR count). The van der Waals surface area contributed by atoms with Crippen LogP contribution in [0.25, 0.3) is 0 Å². The molecule has 0 bridgehead atoms. The predicted octanol–water partition coefficient (Wildman–Crippen LogP) is 0.00790. The first-order chi connectivity index (χ1) is 8.99. The van der Waals surface area contributed by atoms with Crippen LogP contribution in [0, 0.1) is 10.1 Å². The Labute approximate surface area is 109 Å². The molecule has 0 atom stereocenters. The van der Waals surface area contributed by atoms with Gasteiger partial charge in [0.05, 0.1) is 11.1 Å². The highest BCUT2D eigenvalue weighted by Crippen LogP contribution is 2.02. The number of hydrogen-bond acceptors (Lipinski definition) is 5. The molecule has 0 aliphatic carbocycles. The molecule has 19 heavy (non-hydrogen) atoms. The molecular formula is C11H17N3O5. The number of aryl methyl sites for hydroxylation is 1. The molecule has 1 N–H and O–H groups in total. The molecule has 0 aliphatic heterocycles. The van der Waals surface area contributed by atoms with E-state index in [0.29, 0.717) is 12.8 Å². The maximum atomic E-state index is 11.8. The minimum Gasteiger partial charge on any atom is -0.396 e. The van der Waals surface area contributed by atoms with Crippen molar-refractivity contribution in [2.24, 2.45) is 7.05 Å². The smallest absolute Gasteiger partial charge is 0.350 e. The number of nitro groups is 1. The van der Waals surface area contributed by atoms with E-state index in [4.69, 9.17) is 5.11 Å². The maximum Gasteiger partial charge on any atom is 0.350 e. The Bertz CT molecular complexity index is 560. The van der Waals surface area contributed by atoms with Crippen LogP contribution in [0.3, 0.4) is 0 Å². The molecule has 0 aliphatic rings. The Kier molecular flexibility index (Phi) is 5.43. The zero-order valence-electron chi connectivity index (χ0n) is 10.7. The normalized spacial score (nSPS) is 10.6. The minimum absolute atomic E-state index is 0.110. The Balaban J connectivity index is 2.91. The van der Waals surface area contributed by atoms with Crippen molar-refractivity contribution in [2.75, 3.05) is 6.61 Å². The molecule has 0 aromatic carbocycles. The lowest BCUT2D eigenvalue weighted by molar-refractivity contribution is -0.387. The maximum absolute atomic E-state index is 11.8. The summed E-state index contributed by atoms with van der Waals surface area (Å²) in [7, 11) is 1.37. The summed E-state index contributed by atoms with van der Waals surface area (Å²) in [6.07, 6.45) is 3.71. The van der Waals surface area contributed by atoms with Gasteiger partial charge in [0.2, 0.25) is 0 Å². The fourth-order valence-corrected chi connectivity index (χ4v) is 1.77. The Morgan fingerprint density at radius 3 is 2.47 bits per heavy atom. The number of rotatable bonds is 7. The van der Waals surface area contributed by atoms with Crippen LogP contribution < -0.4 is 11.2 Å². The first-order valence-electron chi connectivity index (χ1n) is 6.04. The van der Waals surface area contributed by atoms with E-state index in [0.717, 1.165) is 28.2 Å². The van der Waals surface area contributed by atoms with Crippen molar-refractivity contribution < 1.29 is 10.0 Å². The largest absolute Gasteiger partial charge is 0.396 e. The molecule has 106 valence electrons. The first-order valence-corrected chi connectivity index (χ1v) is 6.04. The van der Waals surface area contributed by atoms with Crippen LogP contribution in [-0.2, 0) is 13.6 Å². The molecule has 8 nitrogen and oxygen atoms in total. The molecule has 0 unspecified atom stereocenters. The fourth-order valence-electron chi connectivity index (χ4n) is 1.77. The van der Waals surface area contributed by atoms with E-state index < -0.39 is 21.9 Å².